The molecule has 6 heteroatoms. The molecule has 2 aromatic heterocycles. The fourth-order valence-electron chi connectivity index (χ4n) is 4.00. The summed E-state index contributed by atoms with van der Waals surface area (Å²) < 4.78 is 5.94. The van der Waals surface area contributed by atoms with E-state index in [4.69, 9.17) is 4.74 Å². The Morgan fingerprint density at radius 3 is 3.07 bits per heavy atom. The van der Waals surface area contributed by atoms with Crippen LogP contribution in [0.25, 0.3) is 10.9 Å². The summed E-state index contributed by atoms with van der Waals surface area (Å²) in [7, 11) is 0. The van der Waals surface area contributed by atoms with Gasteiger partial charge in [-0.25, -0.2) is 4.79 Å². The molecule has 1 aliphatic rings. The smallest absolute Gasteiger partial charge is 0.338 e. The number of ether oxygens (including phenoxy) is 1. The number of likely N-dealkylation sites (tertiary alicyclic amines) is 1. The average Bonchev–Trinajstić information content (AvgIpc) is 3.25. The molecule has 1 aliphatic heterocycles. The highest BCUT2D eigenvalue weighted by atomic mass is 16.5. The molecule has 1 saturated heterocycles. The first kappa shape index (κ1) is 17.5. The van der Waals surface area contributed by atoms with E-state index in [0.717, 1.165) is 25.0 Å². The van der Waals surface area contributed by atoms with Crippen molar-refractivity contribution in [2.24, 2.45) is 0 Å². The van der Waals surface area contributed by atoms with Gasteiger partial charge < -0.3 is 14.8 Å². The monoisotopic (exact) mass is 365 g/mol. The highest BCUT2D eigenvalue weighted by molar-refractivity contribution is 6.05. The Hall–Kier alpha value is -2.86. The first-order chi connectivity index (χ1) is 13.1. The topological polar surface area (TPSA) is 78.5 Å². The number of nitrogens with one attached hydrogen (secondary N) is 1. The number of carboxylic acid groups (broad SMARTS) is 1. The molecule has 1 fully saturated rings. The number of aromatic amines is 1. The molecule has 2 N–H and O–H groups in total. The third kappa shape index (κ3) is 3.53. The van der Waals surface area contributed by atoms with Crippen LogP contribution in [0, 0.1) is 6.92 Å². The number of fused-ring (bicyclic) bond motifs is 1. The minimum atomic E-state index is -0.924. The van der Waals surface area contributed by atoms with E-state index in [1.165, 1.54) is 12.0 Å². The number of aromatic nitrogens is 2. The number of carboxylic acids is 1. The molecule has 27 heavy (non-hydrogen) atoms. The van der Waals surface area contributed by atoms with Gasteiger partial charge in [0.15, 0.2) is 0 Å². The molecule has 4 rings (SSSR count). The molecule has 0 amide bonds. The maximum absolute atomic E-state index is 11.5. The van der Waals surface area contributed by atoms with E-state index in [9.17, 15) is 9.90 Å². The molecule has 1 unspecified atom stereocenters. The van der Waals surface area contributed by atoms with E-state index >= 15 is 0 Å². The maximum Gasteiger partial charge on any atom is 0.338 e. The van der Waals surface area contributed by atoms with Crippen LogP contribution >= 0.6 is 0 Å². The van der Waals surface area contributed by atoms with Crippen molar-refractivity contribution in [3.05, 3.63) is 59.5 Å². The number of hydrogen-bond donors (Lipinski definition) is 2. The van der Waals surface area contributed by atoms with Crippen LogP contribution in [0.15, 0.2) is 42.7 Å². The van der Waals surface area contributed by atoms with Gasteiger partial charge in [0, 0.05) is 41.6 Å². The largest absolute Gasteiger partial charge is 0.492 e. The SMILES string of the molecule is Cc1[nH]c2ccc(OCCN3CCCC3c3cccnc3)cc2c1C(=O)O. The van der Waals surface area contributed by atoms with Gasteiger partial charge >= 0.3 is 5.97 Å². The second kappa shape index (κ2) is 7.40. The van der Waals surface area contributed by atoms with Gasteiger partial charge in [-0.3, -0.25) is 9.88 Å². The predicted octanol–water partition coefficient (Wildman–Crippen LogP) is 3.79. The van der Waals surface area contributed by atoms with Crippen molar-refractivity contribution >= 4 is 16.9 Å². The molecule has 0 aliphatic carbocycles. The lowest BCUT2D eigenvalue weighted by Crippen LogP contribution is -2.28. The molecular weight excluding hydrogens is 342 g/mol. The summed E-state index contributed by atoms with van der Waals surface area (Å²) in [6.07, 6.45) is 6.06. The van der Waals surface area contributed by atoms with E-state index in [0.29, 0.717) is 35.0 Å². The summed E-state index contributed by atoms with van der Waals surface area (Å²) in [5.74, 6) is -0.228. The molecule has 140 valence electrons. The number of nitrogens with zero attached hydrogens (tertiary/aromatic N) is 2. The Balaban J connectivity index is 1.43. The van der Waals surface area contributed by atoms with Crippen molar-refractivity contribution in [3.8, 4) is 5.75 Å². The minimum absolute atomic E-state index is 0.312. The highest BCUT2D eigenvalue weighted by Gasteiger charge is 2.25. The molecule has 1 atom stereocenters. The van der Waals surface area contributed by atoms with Crippen molar-refractivity contribution in [1.29, 1.82) is 0 Å². The van der Waals surface area contributed by atoms with Gasteiger partial charge in [-0.2, -0.15) is 0 Å². The van der Waals surface area contributed by atoms with Gasteiger partial charge in [-0.1, -0.05) is 6.07 Å². The Morgan fingerprint density at radius 2 is 2.30 bits per heavy atom. The summed E-state index contributed by atoms with van der Waals surface area (Å²) in [6.45, 7) is 4.22. The van der Waals surface area contributed by atoms with Gasteiger partial charge in [0.2, 0.25) is 0 Å². The van der Waals surface area contributed by atoms with Crippen LogP contribution in [0.5, 0.6) is 5.75 Å². The summed E-state index contributed by atoms with van der Waals surface area (Å²) in [5.41, 5.74) is 3.04. The first-order valence-corrected chi connectivity index (χ1v) is 9.26. The van der Waals surface area contributed by atoms with Crippen molar-refractivity contribution in [2.75, 3.05) is 19.7 Å². The number of aryl methyl sites for hydroxylation is 1. The van der Waals surface area contributed by atoms with Crippen molar-refractivity contribution < 1.29 is 14.6 Å². The number of H-pyrrole nitrogens is 1. The average molecular weight is 365 g/mol. The van der Waals surface area contributed by atoms with Gasteiger partial charge in [-0.05, 0) is 56.1 Å². The van der Waals surface area contributed by atoms with Gasteiger partial charge in [0.05, 0.1) is 5.56 Å². The lowest BCUT2D eigenvalue weighted by Gasteiger charge is -2.24. The van der Waals surface area contributed by atoms with E-state index in [1.54, 1.807) is 13.1 Å². The van der Waals surface area contributed by atoms with Crippen LogP contribution < -0.4 is 4.74 Å². The highest BCUT2D eigenvalue weighted by Crippen LogP contribution is 2.31. The second-order valence-corrected chi connectivity index (χ2v) is 6.97. The quantitative estimate of drug-likeness (QED) is 0.695. The standard InChI is InChI=1S/C21H23N3O3/c1-14-20(21(25)26)17-12-16(6-7-18(17)23-14)27-11-10-24-9-3-5-19(24)15-4-2-8-22-13-15/h2,4,6-8,12-13,19,23H,3,5,9-11H2,1H3,(H,25,26). The lowest BCUT2D eigenvalue weighted by atomic mass is 10.1. The summed E-state index contributed by atoms with van der Waals surface area (Å²) in [4.78, 5) is 21.3. The Labute approximate surface area is 157 Å². The molecule has 0 spiro atoms. The molecule has 3 heterocycles. The molecule has 1 aromatic carbocycles. The van der Waals surface area contributed by atoms with Crippen LogP contribution in [0.4, 0.5) is 0 Å². The summed E-state index contributed by atoms with van der Waals surface area (Å²) in [5, 5.41) is 10.1. The van der Waals surface area contributed by atoms with Crippen molar-refractivity contribution in [1.82, 2.24) is 14.9 Å². The molecular formula is C21H23N3O3. The first-order valence-electron chi connectivity index (χ1n) is 9.26. The second-order valence-electron chi connectivity index (χ2n) is 6.97. The number of carbonyl (C=O) groups is 1. The zero-order valence-corrected chi connectivity index (χ0v) is 15.3. The molecule has 3 aromatic rings. The minimum Gasteiger partial charge on any atom is -0.492 e. The number of benzene rings is 1. The van der Waals surface area contributed by atoms with Gasteiger partial charge in [0.1, 0.15) is 12.4 Å². The third-order valence-corrected chi connectivity index (χ3v) is 5.25. The predicted molar refractivity (Wildman–Crippen MR) is 103 cm³/mol. The Morgan fingerprint density at radius 1 is 1.41 bits per heavy atom. The van der Waals surface area contributed by atoms with Gasteiger partial charge in [0.25, 0.3) is 0 Å². The number of hydrogen-bond acceptors (Lipinski definition) is 4. The van der Waals surface area contributed by atoms with E-state index in [-0.39, 0.29) is 0 Å². The maximum atomic E-state index is 11.5. The van der Waals surface area contributed by atoms with Crippen LogP contribution in [0.2, 0.25) is 0 Å². The Bertz CT molecular complexity index is 952. The fourth-order valence-corrected chi connectivity index (χ4v) is 4.00. The van der Waals surface area contributed by atoms with Crippen LogP contribution in [0.1, 0.15) is 40.5 Å². The van der Waals surface area contributed by atoms with Crippen LogP contribution in [-0.2, 0) is 0 Å². The zero-order chi connectivity index (χ0) is 18.8. The molecule has 0 radical (unpaired) electrons. The molecule has 6 nitrogen and oxygen atoms in total. The number of pyridine rings is 1. The van der Waals surface area contributed by atoms with Crippen molar-refractivity contribution in [3.63, 3.8) is 0 Å². The Kier molecular flexibility index (Phi) is 4.81. The van der Waals surface area contributed by atoms with Crippen LogP contribution in [-0.4, -0.2) is 45.6 Å². The fraction of sp³-hybridized carbons (Fsp3) is 0.333. The number of rotatable bonds is 6. The van der Waals surface area contributed by atoms with E-state index in [2.05, 4.69) is 20.9 Å². The lowest BCUT2D eigenvalue weighted by molar-refractivity contribution is 0.0698. The van der Waals surface area contributed by atoms with E-state index in [1.807, 2.05) is 30.5 Å². The number of aromatic carboxylic acids is 1. The molecule has 0 saturated carbocycles. The zero-order valence-electron chi connectivity index (χ0n) is 15.3. The van der Waals surface area contributed by atoms with E-state index < -0.39 is 5.97 Å². The summed E-state index contributed by atoms with van der Waals surface area (Å²) in [6, 6.07) is 10.1. The normalized spacial score (nSPS) is 17.4. The molecule has 0 bridgehead atoms. The van der Waals surface area contributed by atoms with Gasteiger partial charge in [-0.15, -0.1) is 0 Å². The van der Waals surface area contributed by atoms with Crippen LogP contribution in [0.3, 0.4) is 0 Å². The summed E-state index contributed by atoms with van der Waals surface area (Å²) >= 11 is 0. The van der Waals surface area contributed by atoms with Crippen molar-refractivity contribution in [2.45, 2.75) is 25.8 Å². The third-order valence-electron chi connectivity index (χ3n) is 5.25.